The number of likely N-dealkylation sites (N-methyl/N-ethyl adjacent to an activating group) is 4. The lowest BCUT2D eigenvalue weighted by Gasteiger charge is -2.58. The predicted octanol–water partition coefficient (Wildman–Crippen LogP) is 16.4. The molecule has 5 aromatic rings. The number of hydrogen-bond donors (Lipinski definition) is 2. The summed E-state index contributed by atoms with van der Waals surface area (Å²) in [4.78, 5) is 10.4. The van der Waals surface area contributed by atoms with E-state index >= 15 is 0 Å². The van der Waals surface area contributed by atoms with E-state index in [1.165, 1.54) is 235 Å². The molecule has 0 unspecified atom stereocenters. The molecule has 5 saturated carbocycles. The van der Waals surface area contributed by atoms with Crippen molar-refractivity contribution in [3.05, 3.63) is 147 Å². The molecule has 0 spiro atoms. The highest BCUT2D eigenvalue weighted by Crippen LogP contribution is 2.61. The summed E-state index contributed by atoms with van der Waals surface area (Å²) < 4.78 is 43.8. The molecule has 5 heterocycles. The lowest BCUT2D eigenvalue weighted by Crippen LogP contribution is -2.59. The number of phenols is 1. The zero-order chi connectivity index (χ0) is 69.6. The molecule has 5 aromatic carbocycles. The van der Waals surface area contributed by atoms with E-state index in [2.05, 4.69) is 126 Å². The van der Waals surface area contributed by atoms with Crippen molar-refractivity contribution >= 4 is 29.4 Å². The van der Waals surface area contributed by atoms with Gasteiger partial charge in [0.25, 0.3) is 0 Å². The maximum atomic E-state index is 9.91. The fraction of sp³-hybridized carbons (Fsp3) is 0.659. The number of benzene rings is 5. The van der Waals surface area contributed by atoms with Crippen molar-refractivity contribution in [3.8, 4) is 28.7 Å². The van der Waals surface area contributed by atoms with Gasteiger partial charge in [-0.25, -0.2) is 0 Å². The molecule has 552 valence electrons. The summed E-state index contributed by atoms with van der Waals surface area (Å²) in [5.41, 5.74) is 17.4. The van der Waals surface area contributed by atoms with Crippen LogP contribution in [0.15, 0.2) is 91.0 Å². The zero-order valence-corrected chi connectivity index (χ0v) is 64.9. The van der Waals surface area contributed by atoms with E-state index in [4.69, 9.17) is 23.1 Å². The Labute approximate surface area is 628 Å². The Morgan fingerprint density at radius 3 is 0.990 bits per heavy atom. The molecule has 10 bridgehead atoms. The maximum Gasteiger partial charge on any atom is 0.119 e. The predicted molar refractivity (Wildman–Crippen MR) is 419 cm³/mol. The third-order valence-electron chi connectivity index (χ3n) is 30.8. The summed E-state index contributed by atoms with van der Waals surface area (Å²) in [6.07, 6.45) is 40.0. The van der Waals surface area contributed by atoms with E-state index < -0.39 is 7.04 Å². The molecule has 13 heteroatoms. The van der Waals surface area contributed by atoms with Crippen LogP contribution in [0.1, 0.15) is 220 Å². The summed E-state index contributed by atoms with van der Waals surface area (Å²) in [7, 11) is 12.2. The van der Waals surface area contributed by atoms with Crippen molar-refractivity contribution < 1.29 is 33.6 Å². The minimum Gasteiger partial charge on any atom is -0.508 e. The standard InChI is InChI=1S/3C18H25NO.2C17H23NO.BrH.ClH.H2O/c3*1-19-10-9-18-8-4-3-5-15(18)17(19)11-13-6-7-14(20-2)12-16(13)18;1-19-13-6-5-12-10-16-14-4-2-3-7-17(14,8-9-18-16)15(12)11-13;1-18-9-8-17-7-3-2-4-14(17)16(18)10-12-5-6-13(19)11-15(12)17;;;/h3*6-7,12,15,17H,3-5,8-11H2,1-2H3;5-6,11,14,16,18H,2-4,7-10H2,1H3;5-6,11,14,16,19H,2-4,7-10H2,1H3;2*1H;1H2/t3*15-,17+,18+;2*14-,16+,17+;;;/m11111.../s1/i2D3;;;;;;;. The molecule has 4 N–H and O–H groups in total. The Hall–Kier alpha value is -4.37. The molecule has 20 rings (SSSR count). The molecule has 15 atom stereocenters. The normalized spacial score (nSPS) is 35.9. The summed E-state index contributed by atoms with van der Waals surface area (Å²) >= 11 is 0. The fourth-order valence-corrected chi connectivity index (χ4v) is 26.1. The minimum absolute atomic E-state index is 0. The van der Waals surface area contributed by atoms with Gasteiger partial charge in [-0.2, -0.15) is 0 Å². The van der Waals surface area contributed by atoms with Gasteiger partial charge in [-0.1, -0.05) is 94.5 Å². The van der Waals surface area contributed by atoms with Gasteiger partial charge in [0.15, 0.2) is 0 Å². The molecule has 0 radical (unpaired) electrons. The van der Waals surface area contributed by atoms with Crippen LogP contribution in [-0.4, -0.2) is 150 Å². The number of nitrogens with one attached hydrogen (secondary N) is 1. The minimum atomic E-state index is -2.37. The van der Waals surface area contributed by atoms with Crippen LogP contribution in [0, 0.1) is 29.6 Å². The number of fused-ring (bicyclic) bond motifs is 5. The van der Waals surface area contributed by atoms with Crippen LogP contribution in [0.3, 0.4) is 0 Å². The first kappa shape index (κ1) is 70.9. The second kappa shape index (κ2) is 30.5. The topological polar surface area (TPSA) is 114 Å². The third-order valence-corrected chi connectivity index (χ3v) is 30.8. The van der Waals surface area contributed by atoms with E-state index in [9.17, 15) is 5.11 Å². The van der Waals surface area contributed by atoms with Crippen molar-refractivity contribution in [2.24, 2.45) is 29.6 Å². The number of methoxy groups -OCH3 is 4. The van der Waals surface area contributed by atoms with Crippen molar-refractivity contribution in [1.29, 1.82) is 0 Å². The number of ether oxygens (including phenoxy) is 4. The molecule has 5 aliphatic heterocycles. The van der Waals surface area contributed by atoms with Gasteiger partial charge in [0.05, 0.1) is 32.5 Å². The van der Waals surface area contributed by atoms with Crippen molar-refractivity contribution in [1.82, 2.24) is 24.9 Å². The van der Waals surface area contributed by atoms with Gasteiger partial charge in [0, 0.05) is 57.3 Å². The van der Waals surface area contributed by atoms with Crippen molar-refractivity contribution in [3.63, 3.8) is 0 Å². The number of piperidine rings is 5. The first-order valence-electron chi connectivity index (χ1n) is 41.1. The molecular weight excluding hydrogens is 1340 g/mol. The van der Waals surface area contributed by atoms with Crippen LogP contribution in [0.25, 0.3) is 0 Å². The molecular formula is C88H125BrClN5O6. The molecule has 0 amide bonds. The lowest BCUT2D eigenvalue weighted by molar-refractivity contribution is 0.00272. The SMILES string of the molecule is Br.CN1CC[C@@]23CCCC[C@@H]2[C@@H]1Cc1ccc(O)cc13.COc1ccc2c(c1)[C@]13CCCC[C@@H]1[C@H](C2)N(C)CC3.COc1ccc2c(c1)[C@]13CCCC[C@@H]1[C@H](C2)N(C)CC3.COc1ccc2c(c1)[C@]13CCCC[C@@H]1[C@H](C2)NCC3.Cl.O.[2H]C([2H])([2H])Oc1ccc2c(c1)[C@]13CCCC[C@@H]1[C@H](C2)N(C)CC3. The Kier molecular flexibility index (Phi) is 21.4. The van der Waals surface area contributed by atoms with Crippen LogP contribution >= 0.6 is 29.4 Å². The van der Waals surface area contributed by atoms with E-state index in [0.717, 1.165) is 78.1 Å². The summed E-state index contributed by atoms with van der Waals surface area (Å²) in [5.74, 6) is 8.20. The Morgan fingerprint density at radius 1 is 0.376 bits per heavy atom. The van der Waals surface area contributed by atoms with E-state index in [-0.39, 0.29) is 40.3 Å². The second-order valence-electron chi connectivity index (χ2n) is 34.4. The Morgan fingerprint density at radius 2 is 0.663 bits per heavy atom. The monoisotopic (exact) mass is 1460 g/mol. The first-order valence-corrected chi connectivity index (χ1v) is 39.6. The molecule has 10 fully saturated rings. The van der Waals surface area contributed by atoms with Gasteiger partial charge in [0.2, 0.25) is 0 Å². The zero-order valence-electron chi connectivity index (χ0n) is 65.4. The van der Waals surface area contributed by atoms with Gasteiger partial charge in [0.1, 0.15) is 28.7 Å². The number of nitrogens with zero attached hydrogens (tertiary/aromatic N) is 4. The average Bonchev–Trinajstić information content (AvgIpc) is 0.753. The van der Waals surface area contributed by atoms with E-state index in [1.54, 1.807) is 54.7 Å². The highest BCUT2D eigenvalue weighted by Gasteiger charge is 2.58. The molecule has 15 aliphatic rings. The van der Waals surface area contributed by atoms with Crippen LogP contribution in [-0.2, 0) is 59.2 Å². The van der Waals surface area contributed by atoms with Gasteiger partial charge in [-0.05, 0) is 335 Å². The highest BCUT2D eigenvalue weighted by atomic mass is 79.9. The van der Waals surface area contributed by atoms with Gasteiger partial charge in [-0.3, -0.25) is 0 Å². The summed E-state index contributed by atoms with van der Waals surface area (Å²) in [6.45, 7) is 6.08. The molecule has 10 aliphatic carbocycles. The van der Waals surface area contributed by atoms with Gasteiger partial charge >= 0.3 is 0 Å². The number of halogens is 2. The molecule has 5 saturated heterocycles. The van der Waals surface area contributed by atoms with Crippen LogP contribution in [0.2, 0.25) is 0 Å². The fourth-order valence-electron chi connectivity index (χ4n) is 26.1. The smallest absolute Gasteiger partial charge is 0.119 e. The average molecular weight is 1470 g/mol. The maximum absolute atomic E-state index is 9.91. The third kappa shape index (κ3) is 12.8. The Bertz CT molecular complexity index is 3730. The summed E-state index contributed by atoms with van der Waals surface area (Å²) in [6, 6.07) is 36.2. The van der Waals surface area contributed by atoms with Crippen LogP contribution < -0.4 is 24.3 Å². The highest BCUT2D eigenvalue weighted by molar-refractivity contribution is 8.93. The quantitative estimate of drug-likeness (QED) is 0.180. The Balaban J connectivity index is 0.000000115. The number of rotatable bonds is 4. The molecule has 101 heavy (non-hydrogen) atoms. The van der Waals surface area contributed by atoms with Crippen molar-refractivity contribution in [2.75, 3.05) is 89.3 Å². The van der Waals surface area contributed by atoms with Crippen LogP contribution in [0.5, 0.6) is 28.7 Å². The molecule has 0 aromatic heterocycles. The summed E-state index contributed by atoms with van der Waals surface area (Å²) in [5, 5.41) is 13.7. The number of hydrogen-bond acceptors (Lipinski definition) is 10. The second-order valence-corrected chi connectivity index (χ2v) is 34.4. The first-order chi connectivity index (χ1) is 48.9. The lowest BCUT2D eigenvalue weighted by atomic mass is 9.52. The number of aromatic hydroxyl groups is 1. The number of likely N-dealkylation sites (tertiary alicyclic amines) is 4. The van der Waals surface area contributed by atoms with E-state index in [0.29, 0.717) is 45.1 Å². The molecule has 11 nitrogen and oxygen atoms in total. The van der Waals surface area contributed by atoms with Crippen LogP contribution in [0.4, 0.5) is 0 Å². The van der Waals surface area contributed by atoms with E-state index in [1.807, 2.05) is 18.2 Å². The number of phenolic OH excluding ortho intramolecular Hbond substituents is 1. The van der Waals surface area contributed by atoms with Crippen molar-refractivity contribution in [2.45, 2.75) is 250 Å². The largest absolute Gasteiger partial charge is 0.508 e. The van der Waals surface area contributed by atoms with Gasteiger partial charge in [-0.15, -0.1) is 29.4 Å². The van der Waals surface area contributed by atoms with Gasteiger partial charge < -0.3 is 54.4 Å².